The van der Waals surface area contributed by atoms with Gasteiger partial charge in [0.2, 0.25) is 0 Å². The Labute approximate surface area is 107 Å². The summed E-state index contributed by atoms with van der Waals surface area (Å²) in [4.78, 5) is 0. The molecule has 88 valence electrons. The van der Waals surface area contributed by atoms with Crippen LogP contribution in [0.2, 0.25) is 0 Å². The lowest BCUT2D eigenvalue weighted by molar-refractivity contribution is 0.414. The minimum absolute atomic E-state index is 0.537. The molecule has 0 saturated heterocycles. The zero-order chi connectivity index (χ0) is 11.5. The fraction of sp³-hybridized carbons (Fsp3) is 0.571. The molecule has 1 nitrogen and oxygen atoms in total. The molecule has 0 bridgehead atoms. The SMILES string of the molecule is CCNC1CC(C)CCc2ccc(Br)cc21. The molecule has 0 spiro atoms. The summed E-state index contributed by atoms with van der Waals surface area (Å²) < 4.78 is 1.20. The molecule has 0 aromatic heterocycles. The molecule has 2 heteroatoms. The van der Waals surface area contributed by atoms with E-state index in [1.54, 1.807) is 0 Å². The summed E-state index contributed by atoms with van der Waals surface area (Å²) in [7, 11) is 0. The maximum atomic E-state index is 3.62. The molecule has 0 amide bonds. The van der Waals surface area contributed by atoms with Gasteiger partial charge in [-0.2, -0.15) is 0 Å². The van der Waals surface area contributed by atoms with Gasteiger partial charge in [0.1, 0.15) is 0 Å². The molecule has 0 heterocycles. The first-order chi connectivity index (χ1) is 7.70. The van der Waals surface area contributed by atoms with E-state index in [-0.39, 0.29) is 0 Å². The number of halogens is 1. The fourth-order valence-corrected chi connectivity index (χ4v) is 2.99. The van der Waals surface area contributed by atoms with Gasteiger partial charge >= 0.3 is 0 Å². The van der Waals surface area contributed by atoms with E-state index in [9.17, 15) is 0 Å². The predicted octanol–water partition coefficient (Wildman–Crippen LogP) is 4.07. The maximum absolute atomic E-state index is 3.62. The largest absolute Gasteiger partial charge is 0.310 e. The Balaban J connectivity index is 2.34. The summed E-state index contributed by atoms with van der Waals surface area (Å²) in [6, 6.07) is 7.27. The highest BCUT2D eigenvalue weighted by atomic mass is 79.9. The van der Waals surface area contributed by atoms with E-state index in [1.165, 1.54) is 34.9 Å². The van der Waals surface area contributed by atoms with Crippen LogP contribution in [0.3, 0.4) is 0 Å². The molecule has 1 aromatic rings. The van der Waals surface area contributed by atoms with Gasteiger partial charge in [0.05, 0.1) is 0 Å². The second-order valence-electron chi connectivity index (χ2n) is 4.83. The van der Waals surface area contributed by atoms with Crippen LogP contribution in [-0.4, -0.2) is 6.54 Å². The molecule has 1 aromatic carbocycles. The first-order valence-electron chi connectivity index (χ1n) is 6.22. The molecule has 0 saturated carbocycles. The Bertz CT molecular complexity index is 362. The normalized spacial score (nSPS) is 24.9. The lowest BCUT2D eigenvalue weighted by Crippen LogP contribution is -2.22. The van der Waals surface area contributed by atoms with Crippen molar-refractivity contribution in [3.8, 4) is 0 Å². The third kappa shape index (κ3) is 2.67. The maximum Gasteiger partial charge on any atom is 0.0325 e. The highest BCUT2D eigenvalue weighted by Gasteiger charge is 2.21. The van der Waals surface area contributed by atoms with Crippen molar-refractivity contribution in [2.75, 3.05) is 6.54 Å². The summed E-state index contributed by atoms with van der Waals surface area (Å²) in [5.74, 6) is 0.815. The minimum Gasteiger partial charge on any atom is -0.310 e. The van der Waals surface area contributed by atoms with Gasteiger partial charge < -0.3 is 5.32 Å². The van der Waals surface area contributed by atoms with Crippen LogP contribution >= 0.6 is 15.9 Å². The molecule has 0 radical (unpaired) electrons. The first kappa shape index (κ1) is 12.1. The van der Waals surface area contributed by atoms with Crippen molar-refractivity contribution in [1.29, 1.82) is 0 Å². The first-order valence-corrected chi connectivity index (χ1v) is 7.01. The number of nitrogens with one attached hydrogen (secondary N) is 1. The number of fused-ring (bicyclic) bond motifs is 1. The quantitative estimate of drug-likeness (QED) is 0.806. The van der Waals surface area contributed by atoms with Gasteiger partial charge in [0, 0.05) is 10.5 Å². The average molecular weight is 282 g/mol. The predicted molar refractivity (Wildman–Crippen MR) is 72.7 cm³/mol. The summed E-state index contributed by atoms with van der Waals surface area (Å²) in [6.07, 6.45) is 3.81. The Kier molecular flexibility index (Phi) is 4.04. The van der Waals surface area contributed by atoms with E-state index >= 15 is 0 Å². The second-order valence-corrected chi connectivity index (χ2v) is 5.75. The van der Waals surface area contributed by atoms with Gasteiger partial charge in [-0.1, -0.05) is 35.8 Å². The van der Waals surface area contributed by atoms with Gasteiger partial charge in [-0.15, -0.1) is 0 Å². The van der Waals surface area contributed by atoms with E-state index in [0.29, 0.717) is 6.04 Å². The highest BCUT2D eigenvalue weighted by molar-refractivity contribution is 9.10. The molecule has 0 fully saturated rings. The molecule has 1 aliphatic carbocycles. The van der Waals surface area contributed by atoms with E-state index < -0.39 is 0 Å². The van der Waals surface area contributed by atoms with Gasteiger partial charge in [0.15, 0.2) is 0 Å². The fourth-order valence-electron chi connectivity index (χ4n) is 2.61. The highest BCUT2D eigenvalue weighted by Crippen LogP contribution is 2.33. The third-order valence-corrected chi connectivity index (χ3v) is 3.97. The number of rotatable bonds is 2. The summed E-state index contributed by atoms with van der Waals surface area (Å²) in [6.45, 7) is 5.60. The van der Waals surface area contributed by atoms with Gasteiger partial charge in [-0.25, -0.2) is 0 Å². The van der Waals surface area contributed by atoms with E-state index in [0.717, 1.165) is 12.5 Å². The summed E-state index contributed by atoms with van der Waals surface area (Å²) >= 11 is 3.58. The van der Waals surface area contributed by atoms with Crippen molar-refractivity contribution < 1.29 is 0 Å². The third-order valence-electron chi connectivity index (χ3n) is 3.48. The Morgan fingerprint density at radius 1 is 1.44 bits per heavy atom. The molecule has 2 unspecified atom stereocenters. The van der Waals surface area contributed by atoms with E-state index in [2.05, 4.69) is 53.3 Å². The van der Waals surface area contributed by atoms with Gasteiger partial charge in [0.25, 0.3) is 0 Å². The van der Waals surface area contributed by atoms with Crippen molar-refractivity contribution in [1.82, 2.24) is 5.32 Å². The smallest absolute Gasteiger partial charge is 0.0325 e. The molecular formula is C14H20BrN. The van der Waals surface area contributed by atoms with Crippen LogP contribution in [0.25, 0.3) is 0 Å². The zero-order valence-electron chi connectivity index (χ0n) is 10.1. The summed E-state index contributed by atoms with van der Waals surface area (Å²) in [5, 5.41) is 3.62. The van der Waals surface area contributed by atoms with Crippen LogP contribution in [0.5, 0.6) is 0 Å². The standard InChI is InChI=1S/C14H20BrN/c1-3-16-14-8-10(2)4-5-11-6-7-12(15)9-13(11)14/h6-7,9-10,14,16H,3-5,8H2,1-2H3. The van der Waals surface area contributed by atoms with Crippen LogP contribution in [0.1, 0.15) is 43.9 Å². The Hall–Kier alpha value is -0.340. The molecule has 2 atom stereocenters. The van der Waals surface area contributed by atoms with Crippen LogP contribution in [0.4, 0.5) is 0 Å². The molecule has 1 aliphatic rings. The van der Waals surface area contributed by atoms with Gasteiger partial charge in [-0.3, -0.25) is 0 Å². The number of hydrogen-bond acceptors (Lipinski definition) is 1. The minimum atomic E-state index is 0.537. The topological polar surface area (TPSA) is 12.0 Å². The van der Waals surface area contributed by atoms with E-state index in [1.807, 2.05) is 0 Å². The second kappa shape index (κ2) is 5.33. The van der Waals surface area contributed by atoms with Crippen molar-refractivity contribution in [2.24, 2.45) is 5.92 Å². The van der Waals surface area contributed by atoms with Crippen LogP contribution in [-0.2, 0) is 6.42 Å². The molecule has 2 rings (SSSR count). The van der Waals surface area contributed by atoms with E-state index in [4.69, 9.17) is 0 Å². The number of benzene rings is 1. The van der Waals surface area contributed by atoms with Crippen molar-refractivity contribution in [3.05, 3.63) is 33.8 Å². The molecular weight excluding hydrogens is 262 g/mol. The molecule has 0 aliphatic heterocycles. The van der Waals surface area contributed by atoms with Crippen LogP contribution in [0, 0.1) is 5.92 Å². The average Bonchev–Trinajstić information content (AvgIpc) is 2.40. The van der Waals surface area contributed by atoms with Crippen molar-refractivity contribution in [2.45, 2.75) is 39.2 Å². The van der Waals surface area contributed by atoms with Gasteiger partial charge in [-0.05, 0) is 55.0 Å². The lowest BCUT2D eigenvalue weighted by Gasteiger charge is -2.20. The van der Waals surface area contributed by atoms with Crippen molar-refractivity contribution in [3.63, 3.8) is 0 Å². The lowest BCUT2D eigenvalue weighted by atomic mass is 9.97. The molecule has 1 N–H and O–H groups in total. The monoisotopic (exact) mass is 281 g/mol. The Morgan fingerprint density at radius 3 is 3.00 bits per heavy atom. The Morgan fingerprint density at radius 2 is 2.25 bits per heavy atom. The molecule has 16 heavy (non-hydrogen) atoms. The van der Waals surface area contributed by atoms with Crippen LogP contribution in [0.15, 0.2) is 22.7 Å². The number of hydrogen-bond donors (Lipinski definition) is 1. The summed E-state index contributed by atoms with van der Waals surface area (Å²) in [5.41, 5.74) is 3.03. The zero-order valence-corrected chi connectivity index (χ0v) is 11.7. The van der Waals surface area contributed by atoms with Crippen LogP contribution < -0.4 is 5.32 Å². The number of aryl methyl sites for hydroxylation is 1. The van der Waals surface area contributed by atoms with Crippen molar-refractivity contribution >= 4 is 15.9 Å².